The molecule has 0 amide bonds. The second-order valence-corrected chi connectivity index (χ2v) is 3.50. The highest BCUT2D eigenvalue weighted by atomic mass is 79.9. The Kier molecular flexibility index (Phi) is 2.37. The van der Waals surface area contributed by atoms with Crippen LogP contribution in [0.2, 0.25) is 0 Å². The number of aromatic nitrogens is 1. The predicted octanol–water partition coefficient (Wildman–Crippen LogP) is 2.71. The monoisotopic (exact) mass is 253 g/mol. The molecule has 2 aromatic rings. The van der Waals surface area contributed by atoms with Crippen LogP contribution in [0.15, 0.2) is 22.6 Å². The molecule has 0 N–H and O–H groups in total. The van der Waals surface area contributed by atoms with Gasteiger partial charge in [-0.2, -0.15) is 0 Å². The van der Waals surface area contributed by atoms with Gasteiger partial charge in [0.25, 0.3) is 0 Å². The number of benzene rings is 1. The van der Waals surface area contributed by atoms with Crippen LogP contribution < -0.4 is 0 Å². The number of para-hydroxylation sites is 1. The van der Waals surface area contributed by atoms with Crippen LogP contribution in [0.4, 0.5) is 0 Å². The molecule has 1 heterocycles. The third-order valence-electron chi connectivity index (χ3n) is 1.94. The highest BCUT2D eigenvalue weighted by molar-refractivity contribution is 9.09. The van der Waals surface area contributed by atoms with E-state index in [4.69, 9.17) is 4.42 Å². The number of nitrogens with zero attached hydrogens (tertiary/aromatic N) is 1. The van der Waals surface area contributed by atoms with Crippen molar-refractivity contribution in [1.82, 2.24) is 4.98 Å². The van der Waals surface area contributed by atoms with Gasteiger partial charge in [0.15, 0.2) is 17.3 Å². The zero-order valence-corrected chi connectivity index (χ0v) is 9.17. The van der Waals surface area contributed by atoms with Gasteiger partial charge in [0.2, 0.25) is 0 Å². The molecule has 0 radical (unpaired) electrons. The van der Waals surface area contributed by atoms with Gasteiger partial charge in [-0.25, -0.2) is 4.98 Å². The standard InChI is InChI=1S/C10H8BrNO2/c1-6-12-8-4-2-3-7(9(13)5-11)10(8)14-6/h2-4H,5H2,1H3. The van der Waals surface area contributed by atoms with Crippen molar-refractivity contribution in [3.05, 3.63) is 29.7 Å². The Morgan fingerprint density at radius 2 is 2.36 bits per heavy atom. The van der Waals surface area contributed by atoms with E-state index in [-0.39, 0.29) is 5.78 Å². The van der Waals surface area contributed by atoms with Gasteiger partial charge in [-0.15, -0.1) is 0 Å². The molecule has 1 aromatic carbocycles. The zero-order chi connectivity index (χ0) is 10.1. The van der Waals surface area contributed by atoms with Crippen molar-refractivity contribution in [2.75, 3.05) is 5.33 Å². The maximum absolute atomic E-state index is 11.5. The molecule has 0 aliphatic heterocycles. The van der Waals surface area contributed by atoms with Crippen molar-refractivity contribution in [3.8, 4) is 0 Å². The van der Waals surface area contributed by atoms with Crippen molar-refractivity contribution in [2.45, 2.75) is 6.92 Å². The van der Waals surface area contributed by atoms with E-state index in [2.05, 4.69) is 20.9 Å². The lowest BCUT2D eigenvalue weighted by atomic mass is 10.1. The molecule has 0 aliphatic carbocycles. The first-order valence-electron chi connectivity index (χ1n) is 4.17. The van der Waals surface area contributed by atoms with Crippen molar-refractivity contribution in [1.29, 1.82) is 0 Å². The summed E-state index contributed by atoms with van der Waals surface area (Å²) in [6.45, 7) is 1.77. The van der Waals surface area contributed by atoms with Gasteiger partial charge in [0.1, 0.15) is 5.52 Å². The first-order valence-corrected chi connectivity index (χ1v) is 5.30. The van der Waals surface area contributed by atoms with E-state index in [1.54, 1.807) is 19.1 Å². The number of carbonyl (C=O) groups excluding carboxylic acids is 1. The van der Waals surface area contributed by atoms with E-state index in [0.29, 0.717) is 22.4 Å². The average Bonchev–Trinajstić information content (AvgIpc) is 2.56. The molecule has 0 fully saturated rings. The number of hydrogen-bond donors (Lipinski definition) is 0. The van der Waals surface area contributed by atoms with Crippen LogP contribution in [0.5, 0.6) is 0 Å². The Bertz CT molecular complexity index is 490. The van der Waals surface area contributed by atoms with E-state index >= 15 is 0 Å². The molecule has 72 valence electrons. The number of halogens is 1. The minimum atomic E-state index is 0.00625. The number of ketones is 1. The van der Waals surface area contributed by atoms with E-state index in [9.17, 15) is 4.79 Å². The molecular weight excluding hydrogens is 246 g/mol. The van der Waals surface area contributed by atoms with Crippen LogP contribution in [-0.2, 0) is 0 Å². The minimum Gasteiger partial charge on any atom is -0.440 e. The quantitative estimate of drug-likeness (QED) is 0.611. The van der Waals surface area contributed by atoms with Gasteiger partial charge in [0, 0.05) is 6.92 Å². The third-order valence-corrected chi connectivity index (χ3v) is 2.45. The van der Waals surface area contributed by atoms with Crippen LogP contribution in [0.3, 0.4) is 0 Å². The molecule has 0 saturated heterocycles. The third kappa shape index (κ3) is 1.46. The predicted molar refractivity (Wildman–Crippen MR) is 56.9 cm³/mol. The number of hydrogen-bond acceptors (Lipinski definition) is 3. The van der Waals surface area contributed by atoms with Gasteiger partial charge in [-0.05, 0) is 12.1 Å². The number of fused-ring (bicyclic) bond motifs is 1. The van der Waals surface area contributed by atoms with Crippen LogP contribution in [-0.4, -0.2) is 16.1 Å². The molecule has 0 atom stereocenters. The molecule has 14 heavy (non-hydrogen) atoms. The van der Waals surface area contributed by atoms with Crippen LogP contribution in [0, 0.1) is 6.92 Å². The molecular formula is C10H8BrNO2. The van der Waals surface area contributed by atoms with Crippen LogP contribution in [0.25, 0.3) is 11.1 Å². The highest BCUT2D eigenvalue weighted by Crippen LogP contribution is 2.20. The van der Waals surface area contributed by atoms with E-state index in [1.807, 2.05) is 6.07 Å². The Morgan fingerprint density at radius 1 is 1.57 bits per heavy atom. The largest absolute Gasteiger partial charge is 0.440 e. The topological polar surface area (TPSA) is 43.1 Å². The van der Waals surface area contributed by atoms with Crippen molar-refractivity contribution < 1.29 is 9.21 Å². The summed E-state index contributed by atoms with van der Waals surface area (Å²) in [6, 6.07) is 5.38. The molecule has 0 unspecified atom stereocenters. The summed E-state index contributed by atoms with van der Waals surface area (Å²) in [4.78, 5) is 15.7. The van der Waals surface area contributed by atoms with Gasteiger partial charge < -0.3 is 4.42 Å². The number of rotatable bonds is 2. The first-order chi connectivity index (χ1) is 6.72. The molecule has 0 aliphatic rings. The van der Waals surface area contributed by atoms with E-state index < -0.39 is 0 Å². The SMILES string of the molecule is Cc1nc2cccc(C(=O)CBr)c2o1. The maximum atomic E-state index is 11.5. The van der Waals surface area contributed by atoms with Crippen LogP contribution in [0.1, 0.15) is 16.2 Å². The number of oxazole rings is 1. The molecule has 0 spiro atoms. The Balaban J connectivity index is 2.70. The lowest BCUT2D eigenvalue weighted by Gasteiger charge is -1.96. The van der Waals surface area contributed by atoms with Crippen molar-refractivity contribution in [2.24, 2.45) is 0 Å². The van der Waals surface area contributed by atoms with E-state index in [1.165, 1.54) is 0 Å². The smallest absolute Gasteiger partial charge is 0.192 e. The van der Waals surface area contributed by atoms with Gasteiger partial charge >= 0.3 is 0 Å². The number of alkyl halides is 1. The van der Waals surface area contributed by atoms with Gasteiger partial charge in [-0.1, -0.05) is 22.0 Å². The Morgan fingerprint density at radius 3 is 3.07 bits per heavy atom. The molecule has 4 heteroatoms. The lowest BCUT2D eigenvalue weighted by Crippen LogP contribution is -1.99. The fourth-order valence-corrected chi connectivity index (χ4v) is 1.65. The Hall–Kier alpha value is -1.16. The van der Waals surface area contributed by atoms with E-state index in [0.717, 1.165) is 5.52 Å². The normalized spacial score (nSPS) is 10.7. The lowest BCUT2D eigenvalue weighted by molar-refractivity contribution is 0.102. The van der Waals surface area contributed by atoms with Gasteiger partial charge in [0.05, 0.1) is 10.9 Å². The Labute approximate surface area is 89.3 Å². The summed E-state index contributed by atoms with van der Waals surface area (Å²) in [6.07, 6.45) is 0. The molecule has 0 saturated carbocycles. The van der Waals surface area contributed by atoms with Crippen molar-refractivity contribution >= 4 is 32.8 Å². The summed E-state index contributed by atoms with van der Waals surface area (Å²) in [7, 11) is 0. The molecule has 1 aromatic heterocycles. The summed E-state index contributed by atoms with van der Waals surface area (Å²) in [5, 5.41) is 0.297. The van der Waals surface area contributed by atoms with Crippen LogP contribution >= 0.6 is 15.9 Å². The second kappa shape index (κ2) is 3.53. The number of aryl methyl sites for hydroxylation is 1. The number of carbonyl (C=O) groups is 1. The molecule has 0 bridgehead atoms. The van der Waals surface area contributed by atoms with Crippen molar-refractivity contribution in [3.63, 3.8) is 0 Å². The fraction of sp³-hybridized carbons (Fsp3) is 0.200. The molecule has 3 nitrogen and oxygen atoms in total. The number of Topliss-reactive ketones (excluding diaryl/α,β-unsaturated/α-hetero) is 1. The zero-order valence-electron chi connectivity index (χ0n) is 7.58. The molecule has 2 rings (SSSR count). The average molecular weight is 254 g/mol. The van der Waals surface area contributed by atoms with Gasteiger partial charge in [-0.3, -0.25) is 4.79 Å². The summed E-state index contributed by atoms with van der Waals surface area (Å²) >= 11 is 3.13. The highest BCUT2D eigenvalue weighted by Gasteiger charge is 2.12. The first kappa shape index (κ1) is 9.40. The second-order valence-electron chi connectivity index (χ2n) is 2.94. The summed E-state index contributed by atoms with van der Waals surface area (Å²) < 4.78 is 5.37. The summed E-state index contributed by atoms with van der Waals surface area (Å²) in [5.74, 6) is 0.585. The fourth-order valence-electron chi connectivity index (χ4n) is 1.35. The summed E-state index contributed by atoms with van der Waals surface area (Å²) in [5.41, 5.74) is 1.89. The maximum Gasteiger partial charge on any atom is 0.192 e. The minimum absolute atomic E-state index is 0.00625.